The van der Waals surface area contributed by atoms with Gasteiger partial charge < -0.3 is 15.5 Å². The van der Waals surface area contributed by atoms with Crippen molar-refractivity contribution in [1.29, 1.82) is 0 Å². The van der Waals surface area contributed by atoms with E-state index in [1.54, 1.807) is 12.1 Å². The summed E-state index contributed by atoms with van der Waals surface area (Å²) < 4.78 is 18.3. The second-order valence-corrected chi connectivity index (χ2v) is 3.85. The molecule has 1 aromatic carbocycles. The summed E-state index contributed by atoms with van der Waals surface area (Å²) in [7, 11) is 1.37. The standard InChI is InChI=1S/C13H13FN4O2/c1-20-11-5-4-8(7-10(11)14)17-13(19)9-3-2-6-16-12(9)18-15/h2-7H,15H2,1H3,(H,16,18)(H,17,19). The molecule has 0 aliphatic heterocycles. The van der Waals surface area contributed by atoms with E-state index in [4.69, 9.17) is 10.6 Å². The number of ether oxygens (including phenoxy) is 1. The summed E-state index contributed by atoms with van der Waals surface area (Å²) >= 11 is 0. The van der Waals surface area contributed by atoms with E-state index < -0.39 is 11.7 Å². The molecule has 7 heteroatoms. The van der Waals surface area contributed by atoms with Gasteiger partial charge in [0.1, 0.15) is 0 Å². The van der Waals surface area contributed by atoms with Crippen LogP contribution in [0.1, 0.15) is 10.4 Å². The van der Waals surface area contributed by atoms with Crippen molar-refractivity contribution in [2.75, 3.05) is 17.9 Å². The maximum absolute atomic E-state index is 13.5. The number of hydrogen-bond donors (Lipinski definition) is 3. The van der Waals surface area contributed by atoms with Gasteiger partial charge >= 0.3 is 0 Å². The van der Waals surface area contributed by atoms with Crippen LogP contribution in [0.4, 0.5) is 15.9 Å². The van der Waals surface area contributed by atoms with Crippen molar-refractivity contribution in [2.24, 2.45) is 5.84 Å². The zero-order chi connectivity index (χ0) is 14.5. The molecule has 4 N–H and O–H groups in total. The number of pyridine rings is 1. The van der Waals surface area contributed by atoms with E-state index in [-0.39, 0.29) is 17.1 Å². The Morgan fingerprint density at radius 2 is 2.20 bits per heavy atom. The van der Waals surface area contributed by atoms with Crippen LogP contribution in [0, 0.1) is 5.82 Å². The second kappa shape index (κ2) is 5.98. The number of nitrogens with two attached hydrogens (primary N) is 1. The first-order chi connectivity index (χ1) is 9.65. The summed E-state index contributed by atoms with van der Waals surface area (Å²) in [4.78, 5) is 16.0. The smallest absolute Gasteiger partial charge is 0.259 e. The van der Waals surface area contributed by atoms with Gasteiger partial charge in [-0.1, -0.05) is 0 Å². The van der Waals surface area contributed by atoms with E-state index in [2.05, 4.69) is 15.7 Å². The normalized spacial score (nSPS) is 9.95. The average molecular weight is 276 g/mol. The Balaban J connectivity index is 2.21. The number of anilines is 2. The Labute approximate surface area is 114 Å². The predicted octanol–water partition coefficient (Wildman–Crippen LogP) is 1.77. The summed E-state index contributed by atoms with van der Waals surface area (Å²) in [6, 6.07) is 7.28. The lowest BCUT2D eigenvalue weighted by atomic mass is 10.2. The van der Waals surface area contributed by atoms with Crippen molar-refractivity contribution in [3.05, 3.63) is 47.9 Å². The van der Waals surface area contributed by atoms with Crippen molar-refractivity contribution < 1.29 is 13.9 Å². The predicted molar refractivity (Wildman–Crippen MR) is 73.0 cm³/mol. The molecule has 0 saturated carbocycles. The van der Waals surface area contributed by atoms with Crippen LogP contribution in [0.25, 0.3) is 0 Å². The zero-order valence-corrected chi connectivity index (χ0v) is 10.7. The lowest BCUT2D eigenvalue weighted by molar-refractivity contribution is 0.102. The van der Waals surface area contributed by atoms with Crippen LogP contribution < -0.4 is 21.3 Å². The number of nitrogens with zero attached hydrogens (tertiary/aromatic N) is 1. The van der Waals surface area contributed by atoms with E-state index in [0.29, 0.717) is 5.69 Å². The molecule has 0 saturated heterocycles. The number of aromatic nitrogens is 1. The van der Waals surface area contributed by atoms with Crippen LogP contribution in [0.3, 0.4) is 0 Å². The van der Waals surface area contributed by atoms with Crippen molar-refractivity contribution >= 4 is 17.4 Å². The Hall–Kier alpha value is -2.67. The molecule has 0 unspecified atom stereocenters. The minimum atomic E-state index is -0.561. The van der Waals surface area contributed by atoms with E-state index in [9.17, 15) is 9.18 Å². The van der Waals surface area contributed by atoms with Gasteiger partial charge in [-0.15, -0.1) is 0 Å². The van der Waals surface area contributed by atoms with Gasteiger partial charge in [0.15, 0.2) is 17.4 Å². The summed E-state index contributed by atoms with van der Waals surface area (Å²) in [5.74, 6) is 4.61. The third kappa shape index (κ3) is 2.83. The molecule has 0 spiro atoms. The van der Waals surface area contributed by atoms with Crippen LogP contribution in [0.15, 0.2) is 36.5 Å². The highest BCUT2D eigenvalue weighted by molar-refractivity contribution is 6.07. The zero-order valence-electron chi connectivity index (χ0n) is 10.7. The number of nitrogen functional groups attached to an aromatic ring is 1. The molecule has 2 rings (SSSR count). The molecule has 0 radical (unpaired) electrons. The van der Waals surface area contributed by atoms with Gasteiger partial charge in [0.25, 0.3) is 5.91 Å². The molecule has 1 heterocycles. The molecule has 0 bridgehead atoms. The van der Waals surface area contributed by atoms with Gasteiger partial charge in [0.2, 0.25) is 0 Å². The molecular formula is C13H13FN4O2. The monoisotopic (exact) mass is 276 g/mol. The van der Waals surface area contributed by atoms with Crippen molar-refractivity contribution in [2.45, 2.75) is 0 Å². The van der Waals surface area contributed by atoms with Crippen LogP contribution in [-0.4, -0.2) is 18.0 Å². The largest absolute Gasteiger partial charge is 0.494 e. The number of rotatable bonds is 4. The lowest BCUT2D eigenvalue weighted by Gasteiger charge is -2.09. The number of hydrazine groups is 1. The van der Waals surface area contributed by atoms with E-state index in [1.807, 2.05) is 0 Å². The summed E-state index contributed by atoms with van der Waals surface area (Å²) in [5, 5.41) is 2.56. The summed E-state index contributed by atoms with van der Waals surface area (Å²) in [5.41, 5.74) is 2.89. The second-order valence-electron chi connectivity index (χ2n) is 3.85. The topological polar surface area (TPSA) is 89.3 Å². The van der Waals surface area contributed by atoms with Gasteiger partial charge in [-0.25, -0.2) is 15.2 Å². The van der Waals surface area contributed by atoms with Gasteiger partial charge in [-0.05, 0) is 24.3 Å². The highest BCUT2D eigenvalue weighted by atomic mass is 19.1. The summed E-state index contributed by atoms with van der Waals surface area (Å²) in [6.07, 6.45) is 1.50. The molecule has 1 amide bonds. The fraction of sp³-hybridized carbons (Fsp3) is 0.0769. The fourth-order valence-electron chi connectivity index (χ4n) is 1.65. The van der Waals surface area contributed by atoms with Gasteiger partial charge in [-0.2, -0.15) is 0 Å². The first-order valence-corrected chi connectivity index (χ1v) is 5.72. The molecule has 6 nitrogen and oxygen atoms in total. The molecule has 104 valence electrons. The van der Waals surface area contributed by atoms with Crippen molar-refractivity contribution in [3.8, 4) is 5.75 Å². The SMILES string of the molecule is COc1ccc(NC(=O)c2cccnc2NN)cc1F. The first-order valence-electron chi connectivity index (χ1n) is 5.72. The third-order valence-corrected chi connectivity index (χ3v) is 2.60. The van der Waals surface area contributed by atoms with Crippen LogP contribution >= 0.6 is 0 Å². The highest BCUT2D eigenvalue weighted by Gasteiger charge is 2.12. The molecule has 0 aliphatic carbocycles. The van der Waals surface area contributed by atoms with Gasteiger partial charge in [0, 0.05) is 18.0 Å². The number of nitrogens with one attached hydrogen (secondary N) is 2. The van der Waals surface area contributed by atoms with Crippen LogP contribution in [0.5, 0.6) is 5.75 Å². The van der Waals surface area contributed by atoms with Crippen LogP contribution in [0.2, 0.25) is 0 Å². The van der Waals surface area contributed by atoms with Crippen molar-refractivity contribution in [1.82, 2.24) is 4.98 Å². The van der Waals surface area contributed by atoms with Gasteiger partial charge in [-0.3, -0.25) is 4.79 Å². The molecule has 0 atom stereocenters. The number of methoxy groups -OCH3 is 1. The van der Waals surface area contributed by atoms with E-state index in [0.717, 1.165) is 0 Å². The highest BCUT2D eigenvalue weighted by Crippen LogP contribution is 2.21. The van der Waals surface area contributed by atoms with Crippen molar-refractivity contribution in [3.63, 3.8) is 0 Å². The number of carbonyl (C=O) groups excluding carboxylic acids is 1. The number of hydrogen-bond acceptors (Lipinski definition) is 5. The minimum absolute atomic E-state index is 0.105. The molecule has 20 heavy (non-hydrogen) atoms. The quantitative estimate of drug-likeness (QED) is 0.585. The number of benzene rings is 1. The van der Waals surface area contributed by atoms with E-state index >= 15 is 0 Å². The van der Waals surface area contributed by atoms with Crippen LogP contribution in [-0.2, 0) is 0 Å². The maximum Gasteiger partial charge on any atom is 0.259 e. The Morgan fingerprint density at radius 3 is 2.85 bits per heavy atom. The van der Waals surface area contributed by atoms with Gasteiger partial charge in [0.05, 0.1) is 12.7 Å². The molecule has 0 aliphatic rings. The fourth-order valence-corrected chi connectivity index (χ4v) is 1.65. The Kier molecular flexibility index (Phi) is 4.11. The Morgan fingerprint density at radius 1 is 1.40 bits per heavy atom. The number of halogens is 1. The molecule has 2 aromatic rings. The number of amides is 1. The third-order valence-electron chi connectivity index (χ3n) is 2.60. The molecule has 0 fully saturated rings. The molecular weight excluding hydrogens is 263 g/mol. The number of carbonyl (C=O) groups is 1. The maximum atomic E-state index is 13.5. The first kappa shape index (κ1) is 13.8. The van der Waals surface area contributed by atoms with E-state index in [1.165, 1.54) is 31.5 Å². The minimum Gasteiger partial charge on any atom is -0.494 e. The summed E-state index contributed by atoms with van der Waals surface area (Å²) in [6.45, 7) is 0. The molecule has 1 aromatic heterocycles. The Bertz CT molecular complexity index is 634. The average Bonchev–Trinajstić information content (AvgIpc) is 2.47. The lowest BCUT2D eigenvalue weighted by Crippen LogP contribution is -2.18.